The van der Waals surface area contributed by atoms with Crippen molar-refractivity contribution in [1.82, 2.24) is 19.5 Å². The van der Waals surface area contributed by atoms with E-state index in [9.17, 15) is 0 Å². The number of benzene rings is 10. The Kier molecular flexibility index (Phi) is 8.67. The average molecular weight is 917 g/mol. The number of hydrogen-bond acceptors (Lipinski definition) is 3. The van der Waals surface area contributed by atoms with Crippen LogP contribution in [0, 0.1) is 0 Å². The lowest BCUT2D eigenvalue weighted by Gasteiger charge is -2.21. The maximum Gasteiger partial charge on any atom is 0.0795 e. The van der Waals surface area contributed by atoms with E-state index in [1.54, 1.807) is 0 Å². The van der Waals surface area contributed by atoms with E-state index in [2.05, 4.69) is 225 Å². The highest BCUT2D eigenvalue weighted by molar-refractivity contribution is 6.29. The summed E-state index contributed by atoms with van der Waals surface area (Å²) < 4.78 is 2.46. The first kappa shape index (κ1) is 40.6. The van der Waals surface area contributed by atoms with E-state index < -0.39 is 0 Å². The molecule has 4 heterocycles. The Morgan fingerprint density at radius 3 is 1.60 bits per heavy atom. The van der Waals surface area contributed by atoms with Crippen molar-refractivity contribution in [1.29, 1.82) is 0 Å². The second-order valence-corrected chi connectivity index (χ2v) is 19.9. The lowest BCUT2D eigenvalue weighted by Crippen LogP contribution is -2.14. The van der Waals surface area contributed by atoms with Crippen molar-refractivity contribution in [3.8, 4) is 61.6 Å². The Hall–Kier alpha value is -9.25. The zero-order valence-electron chi connectivity index (χ0n) is 39.7. The van der Waals surface area contributed by atoms with Crippen molar-refractivity contribution < 1.29 is 0 Å². The third-order valence-electron chi connectivity index (χ3n) is 15.6. The predicted octanol–water partition coefficient (Wildman–Crippen LogP) is 17.7. The second kappa shape index (κ2) is 15.4. The molecule has 4 nitrogen and oxygen atoms in total. The maximum absolute atomic E-state index is 5.49. The molecule has 0 aliphatic heterocycles. The zero-order chi connectivity index (χ0) is 47.7. The molecule has 0 atom stereocenters. The molecular weight excluding hydrogens is 873 g/mol. The molecule has 4 heteroatoms. The van der Waals surface area contributed by atoms with Crippen LogP contribution in [0.4, 0.5) is 0 Å². The molecule has 0 fully saturated rings. The van der Waals surface area contributed by atoms with Crippen LogP contribution < -0.4 is 0 Å². The van der Waals surface area contributed by atoms with Crippen LogP contribution in [-0.2, 0) is 5.41 Å². The van der Waals surface area contributed by atoms with Gasteiger partial charge in [-0.05, 0) is 137 Å². The summed E-state index contributed by atoms with van der Waals surface area (Å²) >= 11 is 0. The van der Waals surface area contributed by atoms with Crippen LogP contribution in [0.3, 0.4) is 0 Å². The molecule has 1 aliphatic carbocycles. The van der Waals surface area contributed by atoms with Gasteiger partial charge in [-0.1, -0.05) is 172 Å². The Morgan fingerprint density at radius 1 is 0.333 bits per heavy atom. The highest BCUT2D eigenvalue weighted by Gasteiger charge is 2.35. The minimum Gasteiger partial charge on any atom is -0.309 e. The molecule has 0 N–H and O–H groups in total. The summed E-state index contributed by atoms with van der Waals surface area (Å²) in [7, 11) is 0. The van der Waals surface area contributed by atoms with Gasteiger partial charge in [-0.15, -0.1) is 0 Å². The molecule has 15 rings (SSSR count). The van der Waals surface area contributed by atoms with Gasteiger partial charge in [-0.2, -0.15) is 0 Å². The van der Waals surface area contributed by atoms with Crippen LogP contribution in [0.5, 0.6) is 0 Å². The van der Waals surface area contributed by atoms with E-state index in [1.165, 1.54) is 87.6 Å². The summed E-state index contributed by atoms with van der Waals surface area (Å²) in [5, 5.41) is 11.9. The normalized spacial score (nSPS) is 13.0. The van der Waals surface area contributed by atoms with Crippen LogP contribution in [0.15, 0.2) is 231 Å². The summed E-state index contributed by atoms with van der Waals surface area (Å²) in [6.45, 7) is 4.70. The lowest BCUT2D eigenvalue weighted by molar-refractivity contribution is 0.660. The molecule has 4 aromatic heterocycles. The van der Waals surface area contributed by atoms with Crippen LogP contribution in [0.1, 0.15) is 25.0 Å². The molecule has 14 aromatic rings. The number of nitrogens with zero attached hydrogens (tertiary/aromatic N) is 4. The quantitative estimate of drug-likeness (QED) is 0.162. The van der Waals surface area contributed by atoms with Gasteiger partial charge in [-0.3, -0.25) is 9.97 Å². The van der Waals surface area contributed by atoms with Gasteiger partial charge in [0.1, 0.15) is 0 Å². The van der Waals surface area contributed by atoms with Gasteiger partial charge in [0.2, 0.25) is 0 Å². The van der Waals surface area contributed by atoms with E-state index in [0.29, 0.717) is 0 Å². The molecule has 72 heavy (non-hydrogen) atoms. The van der Waals surface area contributed by atoms with E-state index in [0.717, 1.165) is 61.0 Å². The Balaban J connectivity index is 1.01. The number of rotatable bonds is 5. The van der Waals surface area contributed by atoms with Gasteiger partial charge in [-0.25, -0.2) is 4.98 Å². The van der Waals surface area contributed by atoms with E-state index in [-0.39, 0.29) is 5.41 Å². The Bertz CT molecular complexity index is 4490. The van der Waals surface area contributed by atoms with Crippen molar-refractivity contribution in [2.75, 3.05) is 0 Å². The van der Waals surface area contributed by atoms with Crippen LogP contribution in [-0.4, -0.2) is 19.5 Å². The minimum absolute atomic E-state index is 0.0379. The van der Waals surface area contributed by atoms with Crippen molar-refractivity contribution in [3.63, 3.8) is 0 Å². The number of para-hydroxylation sites is 2. The van der Waals surface area contributed by atoms with Crippen LogP contribution >= 0.6 is 0 Å². The van der Waals surface area contributed by atoms with Gasteiger partial charge >= 0.3 is 0 Å². The zero-order valence-corrected chi connectivity index (χ0v) is 39.7. The largest absolute Gasteiger partial charge is 0.309 e. The first-order chi connectivity index (χ1) is 35.4. The predicted molar refractivity (Wildman–Crippen MR) is 301 cm³/mol. The van der Waals surface area contributed by atoms with Crippen molar-refractivity contribution in [3.05, 3.63) is 242 Å². The average Bonchev–Trinajstić information content (AvgIpc) is 3.88. The van der Waals surface area contributed by atoms with Crippen molar-refractivity contribution >= 4 is 75.9 Å². The Labute approximate surface area is 416 Å². The standard InChI is InChI=1S/C68H44N4/c1-68(2)60-25-9-8-22-51(60)57-35-46(27-30-61(57)68)45-26-29-50-54(34-45)48-20-6-7-21-49(48)56-40-65-59(39-55(50)56)58-36-44(41-14-4-3-5-15-41)28-31-64(58)72(65)47-37-62(52-23-10-16-42-18-12-32-69-66(42)52)71-63(38-47)53-24-11-17-43-19-13-33-70-67(43)53/h3-40H,1-2H3. The first-order valence-corrected chi connectivity index (χ1v) is 24.8. The summed E-state index contributed by atoms with van der Waals surface area (Å²) in [6.07, 6.45) is 3.74. The SMILES string of the molecule is CC1(C)c2ccccc2-c2cc(-c3ccc4c(c3)c3ccccc3c3cc5c(cc43)c3cc(-c4ccccc4)ccc3n5-c3cc(-c4cccc5cccnc45)nc(-c4cccc5cccnc45)c3)ccc21. The van der Waals surface area contributed by atoms with Gasteiger partial charge in [0.05, 0.1) is 39.1 Å². The number of pyridine rings is 3. The topological polar surface area (TPSA) is 43.6 Å². The third-order valence-corrected chi connectivity index (χ3v) is 15.6. The van der Waals surface area contributed by atoms with Crippen LogP contribution in [0.2, 0.25) is 0 Å². The monoisotopic (exact) mass is 916 g/mol. The molecule has 0 bridgehead atoms. The number of hydrogen-bond donors (Lipinski definition) is 0. The van der Waals surface area contributed by atoms with Gasteiger partial charge in [0.15, 0.2) is 0 Å². The molecule has 0 saturated heterocycles. The molecule has 0 radical (unpaired) electrons. The second-order valence-electron chi connectivity index (χ2n) is 19.9. The Morgan fingerprint density at radius 2 is 0.861 bits per heavy atom. The molecule has 1 aliphatic rings. The van der Waals surface area contributed by atoms with E-state index >= 15 is 0 Å². The molecular formula is C68H44N4. The molecule has 10 aromatic carbocycles. The highest BCUT2D eigenvalue weighted by Crippen LogP contribution is 2.50. The van der Waals surface area contributed by atoms with E-state index in [1.807, 2.05) is 24.5 Å². The summed E-state index contributed by atoms with van der Waals surface area (Å²) in [5.41, 5.74) is 19.0. The van der Waals surface area contributed by atoms with Gasteiger partial charge < -0.3 is 4.57 Å². The van der Waals surface area contributed by atoms with Gasteiger partial charge in [0.25, 0.3) is 0 Å². The lowest BCUT2D eigenvalue weighted by atomic mass is 9.82. The number of aromatic nitrogens is 4. The fourth-order valence-electron chi connectivity index (χ4n) is 12.2. The molecule has 0 unspecified atom stereocenters. The fourth-order valence-corrected chi connectivity index (χ4v) is 12.2. The number of fused-ring (bicyclic) bond motifs is 14. The third kappa shape index (κ3) is 6.02. The van der Waals surface area contributed by atoms with Crippen molar-refractivity contribution in [2.24, 2.45) is 0 Å². The molecule has 0 amide bonds. The smallest absolute Gasteiger partial charge is 0.0795 e. The fraction of sp³-hybridized carbons (Fsp3) is 0.0441. The van der Waals surface area contributed by atoms with E-state index in [4.69, 9.17) is 15.0 Å². The molecule has 336 valence electrons. The summed E-state index contributed by atoms with van der Waals surface area (Å²) in [6, 6.07) is 80.1. The van der Waals surface area contributed by atoms with Gasteiger partial charge in [0, 0.05) is 50.5 Å². The molecule has 0 spiro atoms. The minimum atomic E-state index is -0.0379. The summed E-state index contributed by atoms with van der Waals surface area (Å²) in [4.78, 5) is 15.3. The summed E-state index contributed by atoms with van der Waals surface area (Å²) in [5.74, 6) is 0. The highest BCUT2D eigenvalue weighted by atomic mass is 15.0. The maximum atomic E-state index is 5.49. The molecule has 0 saturated carbocycles. The first-order valence-electron chi connectivity index (χ1n) is 24.8. The van der Waals surface area contributed by atoms with Crippen molar-refractivity contribution in [2.45, 2.75) is 19.3 Å². The van der Waals surface area contributed by atoms with Crippen LogP contribution in [0.25, 0.3) is 138 Å².